The van der Waals surface area contributed by atoms with E-state index in [2.05, 4.69) is 10.4 Å². The number of rotatable bonds is 5. The quantitative estimate of drug-likeness (QED) is 0.766. The summed E-state index contributed by atoms with van der Waals surface area (Å²) in [7, 11) is 3.49. The fourth-order valence-corrected chi connectivity index (χ4v) is 3.47. The maximum Gasteiger partial charge on any atom is 0.244 e. The van der Waals surface area contributed by atoms with Gasteiger partial charge in [-0.05, 0) is 38.1 Å². The molecule has 1 atom stereocenters. The molecular formula is C19H23ClF2N4O2. The highest BCUT2D eigenvalue weighted by molar-refractivity contribution is 5.98. The minimum absolute atomic E-state index is 0. The zero-order valence-corrected chi connectivity index (χ0v) is 16.5. The number of nitrogens with zero attached hydrogens (tertiary/aromatic N) is 3. The van der Waals surface area contributed by atoms with Crippen LogP contribution in [0.2, 0.25) is 0 Å². The van der Waals surface area contributed by atoms with Gasteiger partial charge in [0.25, 0.3) is 0 Å². The second-order valence-electron chi connectivity index (χ2n) is 6.76. The topological polar surface area (TPSA) is 67.2 Å². The zero-order chi connectivity index (χ0) is 19.6. The molecular weight excluding hydrogens is 390 g/mol. The van der Waals surface area contributed by atoms with E-state index < -0.39 is 29.4 Å². The Balaban J connectivity index is 0.00000280. The van der Waals surface area contributed by atoms with Crippen LogP contribution in [0, 0.1) is 17.6 Å². The van der Waals surface area contributed by atoms with Gasteiger partial charge >= 0.3 is 0 Å². The smallest absolute Gasteiger partial charge is 0.244 e. The molecule has 0 radical (unpaired) electrons. The van der Waals surface area contributed by atoms with Crippen LogP contribution in [-0.2, 0) is 11.8 Å². The summed E-state index contributed by atoms with van der Waals surface area (Å²) in [6, 6.07) is 2.39. The summed E-state index contributed by atoms with van der Waals surface area (Å²) in [5.74, 6) is -2.27. The molecule has 0 saturated carbocycles. The monoisotopic (exact) mass is 412 g/mol. The van der Waals surface area contributed by atoms with E-state index in [9.17, 15) is 18.4 Å². The predicted octanol–water partition coefficient (Wildman–Crippen LogP) is 2.50. The van der Waals surface area contributed by atoms with Crippen LogP contribution in [0.25, 0.3) is 0 Å². The lowest BCUT2D eigenvalue weighted by Crippen LogP contribution is -2.45. The molecule has 1 unspecified atom stereocenters. The lowest BCUT2D eigenvalue weighted by atomic mass is 9.88. The number of carbonyl (C=O) groups excluding carboxylic acids is 2. The molecule has 2 heterocycles. The number of nitrogens with one attached hydrogen (secondary N) is 1. The molecule has 1 aromatic carbocycles. The van der Waals surface area contributed by atoms with Gasteiger partial charge in [0.15, 0.2) is 5.78 Å². The lowest BCUT2D eigenvalue weighted by molar-refractivity contribution is -0.134. The third kappa shape index (κ3) is 4.56. The Morgan fingerprint density at radius 1 is 1.25 bits per heavy atom. The number of likely N-dealkylation sites (N-methyl/N-ethyl adjacent to an activating group) is 1. The summed E-state index contributed by atoms with van der Waals surface area (Å²) >= 11 is 0. The van der Waals surface area contributed by atoms with E-state index in [1.807, 2.05) is 0 Å². The lowest BCUT2D eigenvalue weighted by Gasteiger charge is -2.33. The summed E-state index contributed by atoms with van der Waals surface area (Å²) in [5, 5.41) is 7.09. The molecule has 1 aliphatic heterocycles. The van der Waals surface area contributed by atoms with Gasteiger partial charge in [-0.25, -0.2) is 8.78 Å². The standard InChI is InChI=1S/C19H22F2N4O2.ClH/c1-22-17(13-10-23-24(2)11-13)19(27)25-7-5-12(6-8-25)18(26)15-9-14(20)3-4-16(15)21;/h3-4,9-12,17,22H,5-8H2,1-2H3;1H. The van der Waals surface area contributed by atoms with E-state index >= 15 is 0 Å². The van der Waals surface area contributed by atoms with Crippen LogP contribution in [-0.4, -0.2) is 46.5 Å². The van der Waals surface area contributed by atoms with Crippen LogP contribution in [0.15, 0.2) is 30.6 Å². The number of Topliss-reactive ketones (excluding diaryl/α,β-unsaturated/α-hetero) is 1. The first-order valence-electron chi connectivity index (χ1n) is 8.84. The van der Waals surface area contributed by atoms with Crippen molar-refractivity contribution in [3.05, 3.63) is 53.4 Å². The average Bonchev–Trinajstić information content (AvgIpc) is 3.09. The van der Waals surface area contributed by atoms with Gasteiger partial charge in [0.2, 0.25) is 5.91 Å². The number of carbonyl (C=O) groups is 2. The molecule has 1 N–H and O–H groups in total. The van der Waals surface area contributed by atoms with Crippen molar-refractivity contribution < 1.29 is 18.4 Å². The van der Waals surface area contributed by atoms with E-state index in [-0.39, 0.29) is 23.9 Å². The number of benzene rings is 1. The molecule has 3 rings (SSSR count). The van der Waals surface area contributed by atoms with Crippen LogP contribution in [0.1, 0.15) is 34.8 Å². The van der Waals surface area contributed by atoms with Gasteiger partial charge in [-0.3, -0.25) is 14.3 Å². The molecule has 0 bridgehead atoms. The predicted molar refractivity (Wildman–Crippen MR) is 102 cm³/mol. The van der Waals surface area contributed by atoms with Gasteiger partial charge in [0.1, 0.15) is 17.7 Å². The van der Waals surface area contributed by atoms with Crippen LogP contribution in [0.4, 0.5) is 8.78 Å². The molecule has 6 nitrogen and oxygen atoms in total. The van der Waals surface area contributed by atoms with Crippen LogP contribution >= 0.6 is 12.4 Å². The Kier molecular flexibility index (Phi) is 7.26. The summed E-state index contributed by atoms with van der Waals surface area (Å²) in [6.07, 6.45) is 4.26. The highest BCUT2D eigenvalue weighted by atomic mass is 35.5. The minimum atomic E-state index is -0.716. The third-order valence-electron chi connectivity index (χ3n) is 4.97. The van der Waals surface area contributed by atoms with Gasteiger partial charge in [0.05, 0.1) is 11.8 Å². The van der Waals surface area contributed by atoms with Crippen molar-refractivity contribution in [1.82, 2.24) is 20.0 Å². The highest BCUT2D eigenvalue weighted by Crippen LogP contribution is 2.25. The Morgan fingerprint density at radius 2 is 1.93 bits per heavy atom. The van der Waals surface area contributed by atoms with Gasteiger partial charge in [-0.2, -0.15) is 5.10 Å². The maximum atomic E-state index is 13.9. The van der Waals surface area contributed by atoms with Crippen LogP contribution in [0.3, 0.4) is 0 Å². The average molecular weight is 413 g/mol. The van der Waals surface area contributed by atoms with E-state index in [0.29, 0.717) is 25.9 Å². The molecule has 0 aliphatic carbocycles. The molecule has 2 aromatic rings. The van der Waals surface area contributed by atoms with Crippen molar-refractivity contribution in [3.63, 3.8) is 0 Å². The van der Waals surface area contributed by atoms with Gasteiger partial charge in [-0.15, -0.1) is 12.4 Å². The number of ketones is 1. The molecule has 152 valence electrons. The van der Waals surface area contributed by atoms with Gasteiger partial charge in [0, 0.05) is 37.8 Å². The summed E-state index contributed by atoms with van der Waals surface area (Å²) in [4.78, 5) is 27.0. The van der Waals surface area contributed by atoms with Crippen molar-refractivity contribution in [3.8, 4) is 0 Å². The van der Waals surface area contributed by atoms with E-state index in [4.69, 9.17) is 0 Å². The van der Waals surface area contributed by atoms with Gasteiger partial charge < -0.3 is 10.2 Å². The minimum Gasteiger partial charge on any atom is -0.341 e. The number of halogens is 3. The zero-order valence-electron chi connectivity index (χ0n) is 15.7. The second kappa shape index (κ2) is 9.25. The Hall–Kier alpha value is -2.32. The summed E-state index contributed by atoms with van der Waals surface area (Å²) in [6.45, 7) is 0.787. The summed E-state index contributed by atoms with van der Waals surface area (Å²) < 4.78 is 28.8. The third-order valence-corrected chi connectivity index (χ3v) is 4.97. The molecule has 1 saturated heterocycles. The van der Waals surface area contributed by atoms with Crippen molar-refractivity contribution in [1.29, 1.82) is 0 Å². The number of hydrogen-bond acceptors (Lipinski definition) is 4. The number of amides is 1. The number of hydrogen-bond donors (Lipinski definition) is 1. The van der Waals surface area contributed by atoms with E-state index in [0.717, 1.165) is 23.8 Å². The van der Waals surface area contributed by atoms with Crippen molar-refractivity contribution >= 4 is 24.1 Å². The normalized spacial score (nSPS) is 15.8. The number of aromatic nitrogens is 2. The molecule has 28 heavy (non-hydrogen) atoms. The van der Waals surface area contributed by atoms with Crippen molar-refractivity contribution in [2.45, 2.75) is 18.9 Å². The first kappa shape index (κ1) is 22.0. The molecule has 0 spiro atoms. The Labute approximate surface area is 168 Å². The van der Waals surface area contributed by atoms with Crippen LogP contribution < -0.4 is 5.32 Å². The van der Waals surface area contributed by atoms with Gasteiger partial charge in [-0.1, -0.05) is 0 Å². The van der Waals surface area contributed by atoms with Crippen LogP contribution in [0.5, 0.6) is 0 Å². The Morgan fingerprint density at radius 3 is 2.50 bits per heavy atom. The summed E-state index contributed by atoms with van der Waals surface area (Å²) in [5.41, 5.74) is 0.549. The second-order valence-corrected chi connectivity index (χ2v) is 6.76. The Bertz CT molecular complexity index is 850. The SMILES string of the molecule is CNC(C(=O)N1CCC(C(=O)c2cc(F)ccc2F)CC1)c1cnn(C)c1.Cl. The number of piperidine rings is 1. The van der Waals surface area contributed by atoms with Crippen molar-refractivity contribution in [2.24, 2.45) is 13.0 Å². The number of aryl methyl sites for hydroxylation is 1. The van der Waals surface area contributed by atoms with E-state index in [1.165, 1.54) is 0 Å². The molecule has 1 fully saturated rings. The van der Waals surface area contributed by atoms with Crippen molar-refractivity contribution in [2.75, 3.05) is 20.1 Å². The maximum absolute atomic E-state index is 13.9. The first-order chi connectivity index (χ1) is 12.9. The largest absolute Gasteiger partial charge is 0.341 e. The molecule has 9 heteroatoms. The van der Waals surface area contributed by atoms with E-state index in [1.54, 1.807) is 36.1 Å². The molecule has 1 aromatic heterocycles. The molecule has 1 amide bonds. The fourth-order valence-electron chi connectivity index (χ4n) is 3.47. The number of likely N-dealkylation sites (tertiary alicyclic amines) is 1. The fraction of sp³-hybridized carbons (Fsp3) is 0.421. The first-order valence-corrected chi connectivity index (χ1v) is 8.84. The highest BCUT2D eigenvalue weighted by Gasteiger charge is 2.32. The molecule has 1 aliphatic rings.